The smallest absolute Gasteiger partial charge is 0.213 e. The second kappa shape index (κ2) is 6.67. The summed E-state index contributed by atoms with van der Waals surface area (Å²) in [6.07, 6.45) is 2.45. The van der Waals surface area contributed by atoms with Gasteiger partial charge in [-0.2, -0.15) is 0 Å². The lowest BCUT2D eigenvalue weighted by Crippen LogP contribution is -2.12. The van der Waals surface area contributed by atoms with Gasteiger partial charge in [-0.3, -0.25) is 0 Å². The molecule has 0 aliphatic heterocycles. The van der Waals surface area contributed by atoms with E-state index in [1.165, 1.54) is 0 Å². The zero-order valence-corrected chi connectivity index (χ0v) is 11.6. The van der Waals surface area contributed by atoms with Crippen molar-refractivity contribution in [1.29, 1.82) is 0 Å². The van der Waals surface area contributed by atoms with Crippen molar-refractivity contribution >= 4 is 11.6 Å². The van der Waals surface area contributed by atoms with E-state index in [1.54, 1.807) is 19.4 Å². The molecular formula is C13H18N6O. The van der Waals surface area contributed by atoms with Crippen LogP contribution in [0.15, 0.2) is 24.4 Å². The lowest BCUT2D eigenvalue weighted by molar-refractivity contribution is 0.397. The number of anilines is 2. The molecule has 2 aromatic rings. The van der Waals surface area contributed by atoms with Gasteiger partial charge in [-0.1, -0.05) is 6.92 Å². The van der Waals surface area contributed by atoms with E-state index in [0.29, 0.717) is 18.2 Å². The Balaban J connectivity index is 2.09. The molecule has 0 fully saturated rings. The summed E-state index contributed by atoms with van der Waals surface area (Å²) in [7, 11) is 1.59. The molecule has 0 atom stereocenters. The maximum atomic E-state index is 5.39. The zero-order valence-electron chi connectivity index (χ0n) is 11.6. The van der Waals surface area contributed by atoms with Crippen molar-refractivity contribution in [3.63, 3.8) is 0 Å². The van der Waals surface area contributed by atoms with E-state index in [0.717, 1.165) is 23.6 Å². The molecule has 7 heteroatoms. The van der Waals surface area contributed by atoms with Crippen LogP contribution in [0.3, 0.4) is 0 Å². The summed E-state index contributed by atoms with van der Waals surface area (Å²) in [5.74, 6) is 8.03. The standard InChI is InChI=1S/C13H18N6O/c1-3-10-17-11(7-12(18-10)19-14)16-8-9-4-5-15-13(6-9)20-2/h4-7H,3,8,14H2,1-2H3,(H2,16,17,18,19). The summed E-state index contributed by atoms with van der Waals surface area (Å²) >= 11 is 0. The summed E-state index contributed by atoms with van der Waals surface area (Å²) in [6, 6.07) is 5.55. The van der Waals surface area contributed by atoms with Crippen LogP contribution in [0.5, 0.6) is 5.88 Å². The highest BCUT2D eigenvalue weighted by atomic mass is 16.5. The van der Waals surface area contributed by atoms with Gasteiger partial charge in [-0.05, 0) is 11.6 Å². The van der Waals surface area contributed by atoms with Crippen molar-refractivity contribution in [2.75, 3.05) is 17.9 Å². The molecule has 0 aliphatic carbocycles. The molecule has 0 bridgehead atoms. The summed E-state index contributed by atoms with van der Waals surface area (Å²) in [4.78, 5) is 12.7. The van der Waals surface area contributed by atoms with E-state index < -0.39 is 0 Å². The first kappa shape index (κ1) is 14.0. The monoisotopic (exact) mass is 274 g/mol. The molecule has 0 spiro atoms. The summed E-state index contributed by atoms with van der Waals surface area (Å²) in [5, 5.41) is 3.23. The maximum Gasteiger partial charge on any atom is 0.213 e. The number of nitrogen functional groups attached to an aromatic ring is 1. The second-order valence-corrected chi connectivity index (χ2v) is 4.11. The minimum atomic E-state index is 0.588. The summed E-state index contributed by atoms with van der Waals surface area (Å²) in [5.41, 5.74) is 3.59. The zero-order chi connectivity index (χ0) is 14.4. The quantitative estimate of drug-likeness (QED) is 0.540. The van der Waals surface area contributed by atoms with E-state index in [4.69, 9.17) is 10.6 Å². The van der Waals surface area contributed by atoms with E-state index in [1.807, 2.05) is 19.1 Å². The van der Waals surface area contributed by atoms with Gasteiger partial charge in [-0.15, -0.1) is 0 Å². The number of hydrogen-bond donors (Lipinski definition) is 3. The molecule has 20 heavy (non-hydrogen) atoms. The van der Waals surface area contributed by atoms with E-state index in [2.05, 4.69) is 25.7 Å². The van der Waals surface area contributed by atoms with Gasteiger partial charge >= 0.3 is 0 Å². The molecule has 0 aliphatic rings. The van der Waals surface area contributed by atoms with Gasteiger partial charge < -0.3 is 15.5 Å². The van der Waals surface area contributed by atoms with Crippen LogP contribution in [0.1, 0.15) is 18.3 Å². The summed E-state index contributed by atoms with van der Waals surface area (Å²) in [6.45, 7) is 2.61. The van der Waals surface area contributed by atoms with Crippen LogP contribution < -0.4 is 21.3 Å². The number of aromatic nitrogens is 3. The fourth-order valence-electron chi connectivity index (χ4n) is 1.68. The molecule has 0 radical (unpaired) electrons. The third-order valence-electron chi connectivity index (χ3n) is 2.72. The van der Waals surface area contributed by atoms with Crippen molar-refractivity contribution in [3.05, 3.63) is 35.8 Å². The Bertz CT molecular complexity index is 552. The summed E-state index contributed by atoms with van der Waals surface area (Å²) < 4.78 is 5.09. The molecule has 0 amide bonds. The van der Waals surface area contributed by atoms with Gasteiger partial charge in [0.2, 0.25) is 5.88 Å². The van der Waals surface area contributed by atoms with Crippen molar-refractivity contribution < 1.29 is 4.74 Å². The van der Waals surface area contributed by atoms with Gasteiger partial charge in [0.1, 0.15) is 17.5 Å². The SMILES string of the molecule is CCc1nc(NN)cc(NCc2ccnc(OC)c2)n1. The highest BCUT2D eigenvalue weighted by Crippen LogP contribution is 2.14. The fourth-order valence-corrected chi connectivity index (χ4v) is 1.68. The van der Waals surface area contributed by atoms with Crippen molar-refractivity contribution in [1.82, 2.24) is 15.0 Å². The predicted molar refractivity (Wildman–Crippen MR) is 77.3 cm³/mol. The van der Waals surface area contributed by atoms with E-state index in [-0.39, 0.29) is 0 Å². The Morgan fingerprint density at radius 1 is 1.25 bits per heavy atom. The Hall–Kier alpha value is -2.41. The molecule has 0 saturated heterocycles. The van der Waals surface area contributed by atoms with Crippen LogP contribution in [-0.2, 0) is 13.0 Å². The largest absolute Gasteiger partial charge is 0.481 e. The Kier molecular flexibility index (Phi) is 4.67. The lowest BCUT2D eigenvalue weighted by Gasteiger charge is -2.09. The first-order valence-corrected chi connectivity index (χ1v) is 6.32. The van der Waals surface area contributed by atoms with E-state index in [9.17, 15) is 0 Å². The van der Waals surface area contributed by atoms with E-state index >= 15 is 0 Å². The molecule has 106 valence electrons. The maximum absolute atomic E-state index is 5.39. The molecule has 2 aromatic heterocycles. The molecule has 0 saturated carbocycles. The highest BCUT2D eigenvalue weighted by molar-refractivity contribution is 5.47. The molecule has 7 nitrogen and oxygen atoms in total. The number of pyridine rings is 1. The van der Waals surface area contributed by atoms with Crippen molar-refractivity contribution in [2.45, 2.75) is 19.9 Å². The molecule has 4 N–H and O–H groups in total. The second-order valence-electron chi connectivity index (χ2n) is 4.11. The topological polar surface area (TPSA) is 98.0 Å². The third kappa shape index (κ3) is 3.55. The number of hydrogen-bond acceptors (Lipinski definition) is 7. The molecular weight excluding hydrogens is 256 g/mol. The minimum Gasteiger partial charge on any atom is -0.481 e. The first-order valence-electron chi connectivity index (χ1n) is 6.32. The van der Waals surface area contributed by atoms with Crippen molar-refractivity contribution in [2.24, 2.45) is 5.84 Å². The van der Waals surface area contributed by atoms with Gasteiger partial charge in [0.25, 0.3) is 0 Å². The predicted octanol–water partition coefficient (Wildman–Crippen LogP) is 1.34. The number of nitrogens with zero attached hydrogens (tertiary/aromatic N) is 3. The van der Waals surface area contributed by atoms with Gasteiger partial charge in [0, 0.05) is 31.3 Å². The molecule has 0 unspecified atom stereocenters. The van der Waals surface area contributed by atoms with Gasteiger partial charge in [-0.25, -0.2) is 20.8 Å². The normalized spacial score (nSPS) is 10.2. The van der Waals surface area contributed by atoms with Crippen LogP contribution in [0.4, 0.5) is 11.6 Å². The number of hydrazine groups is 1. The number of nitrogens with one attached hydrogen (secondary N) is 2. The minimum absolute atomic E-state index is 0.588. The Morgan fingerprint density at radius 3 is 2.75 bits per heavy atom. The molecule has 2 heterocycles. The van der Waals surface area contributed by atoms with Crippen LogP contribution in [0.25, 0.3) is 0 Å². The number of nitrogens with two attached hydrogens (primary N) is 1. The van der Waals surface area contributed by atoms with Gasteiger partial charge in [0.05, 0.1) is 7.11 Å². The fraction of sp³-hybridized carbons (Fsp3) is 0.308. The number of ether oxygens (including phenoxy) is 1. The van der Waals surface area contributed by atoms with Crippen LogP contribution in [-0.4, -0.2) is 22.1 Å². The highest BCUT2D eigenvalue weighted by Gasteiger charge is 2.03. The number of methoxy groups -OCH3 is 1. The molecule has 0 aromatic carbocycles. The Morgan fingerprint density at radius 2 is 2.05 bits per heavy atom. The Labute approximate surface area is 117 Å². The number of rotatable bonds is 6. The first-order chi connectivity index (χ1) is 9.75. The van der Waals surface area contributed by atoms with Crippen molar-refractivity contribution in [3.8, 4) is 5.88 Å². The average molecular weight is 274 g/mol. The van der Waals surface area contributed by atoms with Gasteiger partial charge in [0.15, 0.2) is 0 Å². The van der Waals surface area contributed by atoms with Crippen LogP contribution in [0, 0.1) is 0 Å². The average Bonchev–Trinajstić information content (AvgIpc) is 2.52. The van der Waals surface area contributed by atoms with Crippen LogP contribution in [0.2, 0.25) is 0 Å². The lowest BCUT2D eigenvalue weighted by atomic mass is 10.2. The molecule has 2 rings (SSSR count). The van der Waals surface area contributed by atoms with Crippen LogP contribution >= 0.6 is 0 Å². The third-order valence-corrected chi connectivity index (χ3v) is 2.72. The number of aryl methyl sites for hydroxylation is 1.